The molecule has 3 rings (SSSR count). The van der Waals surface area contributed by atoms with E-state index in [2.05, 4.69) is 15.4 Å². The molecular formula is C21H24N4O3. The normalized spacial score (nSPS) is 12.0. The highest BCUT2D eigenvalue weighted by molar-refractivity contribution is 5.85. The number of aromatic nitrogens is 3. The van der Waals surface area contributed by atoms with Crippen molar-refractivity contribution < 1.29 is 14.3 Å². The largest absolute Gasteiger partial charge is 0.467 e. The molecule has 2 heterocycles. The smallest absolute Gasteiger partial charge is 0.333 e. The van der Waals surface area contributed by atoms with Crippen LogP contribution < -0.4 is 5.32 Å². The summed E-state index contributed by atoms with van der Waals surface area (Å²) in [6.45, 7) is 5.83. The molecule has 0 saturated heterocycles. The summed E-state index contributed by atoms with van der Waals surface area (Å²) < 4.78 is 6.65. The third kappa shape index (κ3) is 4.03. The molecule has 0 aliphatic carbocycles. The second kappa shape index (κ2) is 8.21. The SMILES string of the molecule is COC(=O)C(NC(=O)CCc1c(C)nc2cc(C)nn2c1C)c1ccccc1. The molecule has 0 radical (unpaired) electrons. The predicted molar refractivity (Wildman–Crippen MR) is 105 cm³/mol. The molecule has 3 aromatic rings. The van der Waals surface area contributed by atoms with Crippen LogP contribution in [-0.4, -0.2) is 33.6 Å². The highest BCUT2D eigenvalue weighted by Crippen LogP contribution is 2.18. The zero-order valence-corrected chi connectivity index (χ0v) is 16.5. The van der Waals surface area contributed by atoms with E-state index in [0.29, 0.717) is 12.0 Å². The Labute approximate surface area is 163 Å². The van der Waals surface area contributed by atoms with Gasteiger partial charge in [-0.25, -0.2) is 14.3 Å². The van der Waals surface area contributed by atoms with Crippen LogP contribution in [0.3, 0.4) is 0 Å². The first kappa shape index (κ1) is 19.5. The lowest BCUT2D eigenvalue weighted by Gasteiger charge is -2.17. The lowest BCUT2D eigenvalue weighted by atomic mass is 10.0. The van der Waals surface area contributed by atoms with Gasteiger partial charge in [0.2, 0.25) is 5.91 Å². The van der Waals surface area contributed by atoms with Crippen LogP contribution in [0, 0.1) is 20.8 Å². The highest BCUT2D eigenvalue weighted by atomic mass is 16.5. The Bertz CT molecular complexity index is 1010. The zero-order valence-electron chi connectivity index (χ0n) is 16.5. The Kier molecular flexibility index (Phi) is 5.73. The summed E-state index contributed by atoms with van der Waals surface area (Å²) in [7, 11) is 1.31. The highest BCUT2D eigenvalue weighted by Gasteiger charge is 2.23. The Morgan fingerprint density at radius 1 is 1.18 bits per heavy atom. The number of carbonyl (C=O) groups excluding carboxylic acids is 2. The third-order valence-electron chi connectivity index (χ3n) is 4.76. The Morgan fingerprint density at radius 2 is 1.89 bits per heavy atom. The van der Waals surface area contributed by atoms with Gasteiger partial charge < -0.3 is 10.1 Å². The Hall–Kier alpha value is -3.22. The van der Waals surface area contributed by atoms with Crippen molar-refractivity contribution in [2.24, 2.45) is 0 Å². The van der Waals surface area contributed by atoms with Gasteiger partial charge in [-0.15, -0.1) is 0 Å². The monoisotopic (exact) mass is 380 g/mol. The van der Waals surface area contributed by atoms with Gasteiger partial charge in [0.05, 0.1) is 12.8 Å². The van der Waals surface area contributed by atoms with Gasteiger partial charge in [0, 0.05) is 23.9 Å². The summed E-state index contributed by atoms with van der Waals surface area (Å²) in [4.78, 5) is 29.2. The molecule has 28 heavy (non-hydrogen) atoms. The predicted octanol–water partition coefficient (Wildman–Crippen LogP) is 2.62. The first-order valence-corrected chi connectivity index (χ1v) is 9.15. The fourth-order valence-corrected chi connectivity index (χ4v) is 3.32. The fourth-order valence-electron chi connectivity index (χ4n) is 3.32. The van der Waals surface area contributed by atoms with Crippen molar-refractivity contribution in [3.8, 4) is 0 Å². The number of amides is 1. The maximum atomic E-state index is 12.5. The van der Waals surface area contributed by atoms with Crippen molar-refractivity contribution in [1.82, 2.24) is 19.9 Å². The number of benzene rings is 1. The van der Waals surface area contributed by atoms with E-state index in [4.69, 9.17) is 4.74 Å². The lowest BCUT2D eigenvalue weighted by Crippen LogP contribution is -2.34. The van der Waals surface area contributed by atoms with Crippen LogP contribution in [0.1, 0.15) is 40.7 Å². The number of esters is 1. The van der Waals surface area contributed by atoms with Gasteiger partial charge in [-0.05, 0) is 38.3 Å². The van der Waals surface area contributed by atoms with Crippen LogP contribution in [0.4, 0.5) is 0 Å². The number of hydrogen-bond acceptors (Lipinski definition) is 5. The number of nitrogens with one attached hydrogen (secondary N) is 1. The molecule has 0 saturated carbocycles. The summed E-state index contributed by atoms with van der Waals surface area (Å²) in [5.74, 6) is -0.725. The van der Waals surface area contributed by atoms with Gasteiger partial charge >= 0.3 is 5.97 Å². The van der Waals surface area contributed by atoms with Gasteiger partial charge in [0.1, 0.15) is 0 Å². The summed E-state index contributed by atoms with van der Waals surface area (Å²) in [6.07, 6.45) is 0.740. The summed E-state index contributed by atoms with van der Waals surface area (Å²) >= 11 is 0. The first-order valence-electron chi connectivity index (χ1n) is 9.15. The minimum Gasteiger partial charge on any atom is -0.467 e. The van der Waals surface area contributed by atoms with Gasteiger partial charge in [0.15, 0.2) is 11.7 Å². The number of fused-ring (bicyclic) bond motifs is 1. The average Bonchev–Trinajstić information content (AvgIpc) is 3.06. The third-order valence-corrected chi connectivity index (χ3v) is 4.76. The van der Waals surface area contributed by atoms with Crippen LogP contribution in [0.25, 0.3) is 5.65 Å². The average molecular weight is 380 g/mol. The first-order chi connectivity index (χ1) is 13.4. The molecule has 2 aromatic heterocycles. The van der Waals surface area contributed by atoms with E-state index < -0.39 is 12.0 Å². The second-order valence-electron chi connectivity index (χ2n) is 6.75. The van der Waals surface area contributed by atoms with E-state index in [9.17, 15) is 9.59 Å². The molecule has 0 fully saturated rings. The molecule has 1 aromatic carbocycles. The maximum absolute atomic E-state index is 12.5. The summed E-state index contributed by atoms with van der Waals surface area (Å²) in [5.41, 5.74) is 5.22. The van der Waals surface area contributed by atoms with Crippen molar-refractivity contribution in [1.29, 1.82) is 0 Å². The molecule has 0 aliphatic heterocycles. The van der Waals surface area contributed by atoms with E-state index in [1.807, 2.05) is 45.0 Å². The van der Waals surface area contributed by atoms with Crippen LogP contribution >= 0.6 is 0 Å². The topological polar surface area (TPSA) is 85.6 Å². The molecule has 0 aliphatic rings. The molecule has 0 spiro atoms. The Morgan fingerprint density at radius 3 is 2.57 bits per heavy atom. The summed E-state index contributed by atoms with van der Waals surface area (Å²) in [5, 5.41) is 7.23. The van der Waals surface area contributed by atoms with Crippen molar-refractivity contribution in [3.05, 3.63) is 64.6 Å². The van der Waals surface area contributed by atoms with E-state index in [1.54, 1.807) is 16.6 Å². The minimum atomic E-state index is -0.824. The molecule has 1 unspecified atom stereocenters. The van der Waals surface area contributed by atoms with E-state index in [-0.39, 0.29) is 12.3 Å². The quantitative estimate of drug-likeness (QED) is 0.665. The van der Waals surface area contributed by atoms with Gasteiger partial charge in [-0.1, -0.05) is 30.3 Å². The number of nitrogens with zero attached hydrogens (tertiary/aromatic N) is 3. The van der Waals surface area contributed by atoms with Gasteiger partial charge in [0.25, 0.3) is 0 Å². The molecule has 7 heteroatoms. The van der Waals surface area contributed by atoms with E-state index >= 15 is 0 Å². The number of hydrogen-bond donors (Lipinski definition) is 1. The van der Waals surface area contributed by atoms with E-state index in [1.165, 1.54) is 7.11 Å². The maximum Gasteiger partial charge on any atom is 0.333 e. The molecule has 146 valence electrons. The van der Waals surface area contributed by atoms with Crippen LogP contribution in [0.5, 0.6) is 0 Å². The van der Waals surface area contributed by atoms with Crippen molar-refractivity contribution in [2.45, 2.75) is 39.7 Å². The van der Waals surface area contributed by atoms with Gasteiger partial charge in [-0.2, -0.15) is 5.10 Å². The fraction of sp³-hybridized carbons (Fsp3) is 0.333. The van der Waals surface area contributed by atoms with Gasteiger partial charge in [-0.3, -0.25) is 4.79 Å². The van der Waals surface area contributed by atoms with Crippen LogP contribution in [-0.2, 0) is 20.7 Å². The second-order valence-corrected chi connectivity index (χ2v) is 6.75. The standard InChI is InChI=1S/C21H24N4O3/c1-13-12-18-22-14(2)17(15(3)25(18)24-13)10-11-19(26)23-20(21(27)28-4)16-8-6-5-7-9-16/h5-9,12,20H,10-11H2,1-4H3,(H,23,26). The van der Waals surface area contributed by atoms with Crippen molar-refractivity contribution in [2.75, 3.05) is 7.11 Å². The lowest BCUT2D eigenvalue weighted by molar-refractivity contribution is -0.145. The molecule has 1 amide bonds. The number of methoxy groups -OCH3 is 1. The molecule has 7 nitrogen and oxygen atoms in total. The molecular weight excluding hydrogens is 356 g/mol. The number of rotatable bonds is 6. The van der Waals surface area contributed by atoms with Crippen molar-refractivity contribution in [3.63, 3.8) is 0 Å². The molecule has 1 N–H and O–H groups in total. The number of ether oxygens (including phenoxy) is 1. The molecule has 0 bridgehead atoms. The minimum absolute atomic E-state index is 0.227. The molecule has 1 atom stereocenters. The Balaban J connectivity index is 1.74. The number of aryl methyl sites for hydroxylation is 3. The van der Waals surface area contributed by atoms with Crippen LogP contribution in [0.2, 0.25) is 0 Å². The zero-order chi connectivity index (χ0) is 20.3. The van der Waals surface area contributed by atoms with Crippen LogP contribution in [0.15, 0.2) is 36.4 Å². The number of carbonyl (C=O) groups is 2. The van der Waals surface area contributed by atoms with E-state index in [0.717, 1.165) is 28.3 Å². The summed E-state index contributed by atoms with van der Waals surface area (Å²) in [6, 6.07) is 10.2. The van der Waals surface area contributed by atoms with Crippen molar-refractivity contribution >= 4 is 17.5 Å².